The monoisotopic (exact) mass is 248 g/mol. The number of halogens is 1. The van der Waals surface area contributed by atoms with Gasteiger partial charge < -0.3 is 15.7 Å². The smallest absolute Gasteiger partial charge is 0.223 e. The summed E-state index contributed by atoms with van der Waals surface area (Å²) in [6.07, 6.45) is 0.683. The molecule has 0 bridgehead atoms. The van der Waals surface area contributed by atoms with Crippen molar-refractivity contribution in [3.8, 4) is 0 Å². The average Bonchev–Trinajstić information content (AvgIpc) is 2.61. The van der Waals surface area contributed by atoms with E-state index in [1.165, 1.54) is 0 Å². The fourth-order valence-corrected chi connectivity index (χ4v) is 2.20. The molecule has 1 saturated heterocycles. The van der Waals surface area contributed by atoms with Gasteiger partial charge in [0.05, 0.1) is 6.10 Å². The molecular weight excluding hydrogens is 228 g/mol. The molecule has 4 nitrogen and oxygen atoms in total. The van der Waals surface area contributed by atoms with Crippen LogP contribution in [-0.2, 0) is 4.79 Å². The van der Waals surface area contributed by atoms with Crippen LogP contribution in [0, 0.1) is 17.3 Å². The molecule has 16 heavy (non-hydrogen) atoms. The molecule has 0 aromatic carbocycles. The van der Waals surface area contributed by atoms with Gasteiger partial charge in [0.1, 0.15) is 0 Å². The second kappa shape index (κ2) is 4.90. The molecule has 3 atom stereocenters. The van der Waals surface area contributed by atoms with E-state index < -0.39 is 0 Å². The van der Waals surface area contributed by atoms with Gasteiger partial charge in [-0.25, -0.2) is 0 Å². The van der Waals surface area contributed by atoms with Gasteiger partial charge in [-0.15, -0.1) is 12.4 Å². The number of amides is 1. The van der Waals surface area contributed by atoms with Crippen molar-refractivity contribution in [2.24, 2.45) is 17.3 Å². The van der Waals surface area contributed by atoms with E-state index in [1.807, 2.05) is 0 Å². The second-order valence-corrected chi connectivity index (χ2v) is 5.48. The zero-order chi connectivity index (χ0) is 11.1. The minimum atomic E-state index is -0.308. The van der Waals surface area contributed by atoms with Crippen molar-refractivity contribution >= 4 is 18.3 Å². The lowest BCUT2D eigenvalue weighted by atomic mass is 10.1. The minimum absolute atomic E-state index is 0. The Bertz CT molecular complexity index is 271. The quantitative estimate of drug-likeness (QED) is 0.667. The fraction of sp³-hybridized carbons (Fsp3) is 0.909. The summed E-state index contributed by atoms with van der Waals surface area (Å²) in [4.78, 5) is 11.7. The van der Waals surface area contributed by atoms with Crippen molar-refractivity contribution in [2.75, 3.05) is 19.6 Å². The van der Waals surface area contributed by atoms with Crippen LogP contribution in [0.25, 0.3) is 0 Å². The predicted molar refractivity (Wildman–Crippen MR) is 64.5 cm³/mol. The molecule has 1 saturated carbocycles. The molecule has 1 amide bonds. The third-order valence-electron chi connectivity index (χ3n) is 3.67. The minimum Gasteiger partial charge on any atom is -0.391 e. The van der Waals surface area contributed by atoms with E-state index in [0.29, 0.717) is 13.1 Å². The van der Waals surface area contributed by atoms with Gasteiger partial charge in [0, 0.05) is 31.5 Å². The Morgan fingerprint density at radius 3 is 2.56 bits per heavy atom. The van der Waals surface area contributed by atoms with Crippen LogP contribution in [0.4, 0.5) is 0 Å². The largest absolute Gasteiger partial charge is 0.391 e. The molecule has 0 spiro atoms. The van der Waals surface area contributed by atoms with E-state index in [1.54, 1.807) is 0 Å². The van der Waals surface area contributed by atoms with E-state index in [0.717, 1.165) is 13.0 Å². The molecule has 2 fully saturated rings. The first-order valence-corrected chi connectivity index (χ1v) is 5.67. The third kappa shape index (κ3) is 2.87. The standard InChI is InChI=1S/C11H20N2O2.ClH/c1-11(2)3-8(11)10(15)13-5-7-4-12-6-9(7)14;/h7-9,12,14H,3-6H2,1-2H3,(H,13,15);1H. The molecule has 2 aliphatic rings. The summed E-state index contributed by atoms with van der Waals surface area (Å²) < 4.78 is 0. The highest BCUT2D eigenvalue weighted by Gasteiger charge is 2.50. The fourth-order valence-electron chi connectivity index (χ4n) is 2.20. The first-order chi connectivity index (χ1) is 7.00. The molecule has 1 heterocycles. The van der Waals surface area contributed by atoms with Crippen LogP contribution < -0.4 is 10.6 Å². The van der Waals surface area contributed by atoms with Gasteiger partial charge in [-0.3, -0.25) is 4.79 Å². The summed E-state index contributed by atoms with van der Waals surface area (Å²) in [7, 11) is 0. The Morgan fingerprint density at radius 1 is 1.50 bits per heavy atom. The summed E-state index contributed by atoms with van der Waals surface area (Å²) >= 11 is 0. The number of hydrogen-bond acceptors (Lipinski definition) is 3. The molecule has 94 valence electrons. The summed E-state index contributed by atoms with van der Waals surface area (Å²) in [5.41, 5.74) is 0.191. The van der Waals surface area contributed by atoms with Gasteiger partial charge in [-0.2, -0.15) is 0 Å². The molecule has 2 rings (SSSR count). The summed E-state index contributed by atoms with van der Waals surface area (Å²) in [5.74, 6) is 0.513. The lowest BCUT2D eigenvalue weighted by Gasteiger charge is -2.14. The van der Waals surface area contributed by atoms with Crippen LogP contribution in [0.5, 0.6) is 0 Å². The summed E-state index contributed by atoms with van der Waals surface area (Å²) in [5, 5.41) is 15.6. The maximum Gasteiger partial charge on any atom is 0.223 e. The SMILES string of the molecule is CC1(C)CC1C(=O)NCC1CNCC1O.Cl. The van der Waals surface area contributed by atoms with Crippen molar-refractivity contribution in [2.45, 2.75) is 26.4 Å². The number of β-amino-alcohol motifs (C(OH)–C–C–N with tert-alkyl or cyclic N) is 1. The number of carbonyl (C=O) groups excluding carboxylic acids is 1. The van der Waals surface area contributed by atoms with Crippen molar-refractivity contribution in [3.05, 3.63) is 0 Å². The highest BCUT2D eigenvalue weighted by Crippen LogP contribution is 2.51. The van der Waals surface area contributed by atoms with Crippen LogP contribution in [0.15, 0.2) is 0 Å². The summed E-state index contributed by atoms with van der Waals surface area (Å²) in [6, 6.07) is 0. The molecule has 0 aromatic heterocycles. The Labute approximate surface area is 103 Å². The van der Waals surface area contributed by atoms with Crippen molar-refractivity contribution in [3.63, 3.8) is 0 Å². The number of hydrogen-bond donors (Lipinski definition) is 3. The molecule has 1 aliphatic carbocycles. The number of rotatable bonds is 3. The van der Waals surface area contributed by atoms with Crippen molar-refractivity contribution < 1.29 is 9.90 Å². The van der Waals surface area contributed by atoms with Gasteiger partial charge in [0.2, 0.25) is 5.91 Å². The number of carbonyl (C=O) groups is 1. The Hall–Kier alpha value is -0.320. The van der Waals surface area contributed by atoms with Gasteiger partial charge in [0.15, 0.2) is 0 Å². The molecule has 3 unspecified atom stereocenters. The third-order valence-corrected chi connectivity index (χ3v) is 3.67. The molecule has 0 radical (unpaired) electrons. The predicted octanol–water partition coefficient (Wildman–Crippen LogP) is 0.151. The first kappa shape index (κ1) is 13.7. The van der Waals surface area contributed by atoms with E-state index >= 15 is 0 Å². The highest BCUT2D eigenvalue weighted by molar-refractivity contribution is 5.85. The Balaban J connectivity index is 0.00000128. The first-order valence-electron chi connectivity index (χ1n) is 5.67. The van der Waals surface area contributed by atoms with Crippen molar-refractivity contribution in [1.29, 1.82) is 0 Å². The van der Waals surface area contributed by atoms with Crippen LogP contribution in [0.2, 0.25) is 0 Å². The molecule has 5 heteroatoms. The zero-order valence-corrected chi connectivity index (χ0v) is 10.6. The van der Waals surface area contributed by atoms with Gasteiger partial charge in [-0.05, 0) is 11.8 Å². The van der Waals surface area contributed by atoms with Gasteiger partial charge in [-0.1, -0.05) is 13.8 Å². The zero-order valence-electron chi connectivity index (χ0n) is 9.82. The topological polar surface area (TPSA) is 61.4 Å². The van der Waals surface area contributed by atoms with Gasteiger partial charge in [0.25, 0.3) is 0 Å². The Morgan fingerprint density at radius 2 is 2.12 bits per heavy atom. The summed E-state index contributed by atoms with van der Waals surface area (Å²) in [6.45, 7) is 6.27. The lowest BCUT2D eigenvalue weighted by Crippen LogP contribution is -2.35. The maximum absolute atomic E-state index is 11.7. The Kier molecular flexibility index (Phi) is 4.21. The van der Waals surface area contributed by atoms with E-state index in [9.17, 15) is 9.90 Å². The molecule has 0 aromatic rings. The number of aliphatic hydroxyl groups is 1. The lowest BCUT2D eigenvalue weighted by molar-refractivity contribution is -0.123. The van der Waals surface area contributed by atoms with E-state index in [-0.39, 0.29) is 41.7 Å². The highest BCUT2D eigenvalue weighted by atomic mass is 35.5. The van der Waals surface area contributed by atoms with Crippen molar-refractivity contribution in [1.82, 2.24) is 10.6 Å². The normalized spacial score (nSPS) is 35.3. The molecule has 3 N–H and O–H groups in total. The molecular formula is C11H21ClN2O2. The number of nitrogens with one attached hydrogen (secondary N) is 2. The van der Waals surface area contributed by atoms with E-state index in [4.69, 9.17) is 0 Å². The van der Waals surface area contributed by atoms with Crippen LogP contribution in [-0.4, -0.2) is 36.8 Å². The average molecular weight is 249 g/mol. The van der Waals surface area contributed by atoms with Crippen LogP contribution >= 0.6 is 12.4 Å². The molecule has 1 aliphatic heterocycles. The maximum atomic E-state index is 11.7. The number of aliphatic hydroxyl groups excluding tert-OH is 1. The second-order valence-electron chi connectivity index (χ2n) is 5.48. The van der Waals surface area contributed by atoms with Crippen LogP contribution in [0.1, 0.15) is 20.3 Å². The van der Waals surface area contributed by atoms with Crippen LogP contribution in [0.3, 0.4) is 0 Å². The van der Waals surface area contributed by atoms with E-state index in [2.05, 4.69) is 24.5 Å². The van der Waals surface area contributed by atoms with Gasteiger partial charge >= 0.3 is 0 Å².